The van der Waals surface area contributed by atoms with Crippen LogP contribution in [0.4, 0.5) is 10.2 Å². The highest BCUT2D eigenvalue weighted by molar-refractivity contribution is 5.92. The molecule has 1 aromatic carbocycles. The van der Waals surface area contributed by atoms with E-state index >= 15 is 0 Å². The van der Waals surface area contributed by atoms with Crippen LogP contribution in [-0.4, -0.2) is 68.2 Å². The van der Waals surface area contributed by atoms with E-state index in [1.807, 2.05) is 4.40 Å². The number of halogens is 1. The van der Waals surface area contributed by atoms with Gasteiger partial charge in [0.05, 0.1) is 12.5 Å². The third kappa shape index (κ3) is 4.09. The Balaban J connectivity index is 1.31. The monoisotopic (exact) mass is 462 g/mol. The number of carbonyl (C=O) groups is 2. The second-order valence-corrected chi connectivity index (χ2v) is 8.08. The van der Waals surface area contributed by atoms with Gasteiger partial charge in [0.25, 0.3) is 5.91 Å². The second kappa shape index (κ2) is 8.97. The zero-order valence-electron chi connectivity index (χ0n) is 18.5. The number of nitrogens with one attached hydrogen (secondary N) is 1. The number of hydrogen-bond donors (Lipinski definition) is 1. The van der Waals surface area contributed by atoms with Crippen molar-refractivity contribution in [3.05, 3.63) is 72.8 Å². The lowest BCUT2D eigenvalue weighted by Crippen LogP contribution is -2.53. The maximum atomic E-state index is 13.5. The van der Waals surface area contributed by atoms with E-state index in [0.717, 1.165) is 5.56 Å². The van der Waals surface area contributed by atoms with Crippen LogP contribution in [0.15, 0.2) is 65.7 Å². The number of piperazine rings is 1. The van der Waals surface area contributed by atoms with Gasteiger partial charge in [0, 0.05) is 44.1 Å². The number of nitrogens with zero attached hydrogens (tertiary/aromatic N) is 5. The summed E-state index contributed by atoms with van der Waals surface area (Å²) in [5, 5.41) is 3.29. The van der Waals surface area contributed by atoms with Crippen LogP contribution in [0.1, 0.15) is 17.5 Å². The molecule has 1 atom stereocenters. The molecule has 174 valence electrons. The van der Waals surface area contributed by atoms with Gasteiger partial charge >= 0.3 is 0 Å². The normalized spacial score (nSPS) is 14.9. The molecular formula is C24H23FN6O3. The van der Waals surface area contributed by atoms with E-state index in [-0.39, 0.29) is 17.6 Å². The molecule has 0 spiro atoms. The molecule has 34 heavy (non-hydrogen) atoms. The van der Waals surface area contributed by atoms with Crippen LogP contribution in [0.5, 0.6) is 0 Å². The Labute approximate surface area is 194 Å². The van der Waals surface area contributed by atoms with Gasteiger partial charge in [-0.1, -0.05) is 0 Å². The Bertz CT molecular complexity index is 1310. The third-order valence-corrected chi connectivity index (χ3v) is 5.88. The van der Waals surface area contributed by atoms with Gasteiger partial charge in [-0.3, -0.25) is 19.0 Å². The summed E-state index contributed by atoms with van der Waals surface area (Å²) in [6, 6.07) is 8.81. The number of aromatic nitrogens is 3. The number of carbonyl (C=O) groups excluding carboxylic acids is 2. The molecule has 1 aliphatic rings. The van der Waals surface area contributed by atoms with E-state index in [0.29, 0.717) is 49.1 Å². The van der Waals surface area contributed by atoms with Gasteiger partial charge in [0.15, 0.2) is 11.4 Å². The molecular weight excluding hydrogens is 439 g/mol. The molecule has 0 saturated carbocycles. The fourth-order valence-corrected chi connectivity index (χ4v) is 4.08. The summed E-state index contributed by atoms with van der Waals surface area (Å²) in [6.45, 7) is 3.51. The molecule has 2 amide bonds. The summed E-state index contributed by atoms with van der Waals surface area (Å²) >= 11 is 0. The van der Waals surface area contributed by atoms with Crippen LogP contribution in [0, 0.1) is 5.82 Å². The van der Waals surface area contributed by atoms with E-state index in [1.165, 1.54) is 18.4 Å². The first-order valence-corrected chi connectivity index (χ1v) is 11.0. The quantitative estimate of drug-likeness (QED) is 0.490. The number of hydrogen-bond acceptors (Lipinski definition) is 6. The van der Waals surface area contributed by atoms with Gasteiger partial charge in [-0.15, -0.1) is 0 Å². The van der Waals surface area contributed by atoms with Crippen molar-refractivity contribution in [1.82, 2.24) is 24.2 Å². The average Bonchev–Trinajstić information content (AvgIpc) is 3.53. The molecule has 4 aromatic rings. The molecule has 0 aliphatic carbocycles. The Kier molecular flexibility index (Phi) is 5.70. The molecule has 4 heterocycles. The van der Waals surface area contributed by atoms with E-state index in [1.54, 1.807) is 59.6 Å². The van der Waals surface area contributed by atoms with Crippen molar-refractivity contribution in [2.24, 2.45) is 0 Å². The van der Waals surface area contributed by atoms with Crippen LogP contribution < -0.4 is 5.32 Å². The number of rotatable bonds is 5. The Hall–Kier alpha value is -4.21. The van der Waals surface area contributed by atoms with Gasteiger partial charge in [-0.05, 0) is 43.3 Å². The van der Waals surface area contributed by atoms with Crippen LogP contribution in [0.3, 0.4) is 0 Å². The smallest absolute Gasteiger partial charge is 0.289 e. The zero-order chi connectivity index (χ0) is 23.7. The first-order valence-electron chi connectivity index (χ1n) is 11.0. The van der Waals surface area contributed by atoms with Gasteiger partial charge in [-0.25, -0.2) is 9.37 Å². The van der Waals surface area contributed by atoms with E-state index in [4.69, 9.17) is 4.42 Å². The fraction of sp³-hybridized carbons (Fsp3) is 0.250. The number of benzene rings is 1. The summed E-state index contributed by atoms with van der Waals surface area (Å²) in [5.41, 5.74) is 1.92. The molecule has 1 fully saturated rings. The SMILES string of the molecule is CC(Nc1c(-c2ccc(F)cc2)nc2cnccn12)C(=O)N1CCN(C(=O)c2ccco2)CC1. The molecule has 1 aliphatic heterocycles. The van der Waals surface area contributed by atoms with Crippen LogP contribution in [-0.2, 0) is 4.79 Å². The van der Waals surface area contributed by atoms with Gasteiger partial charge in [0.1, 0.15) is 23.4 Å². The lowest BCUT2D eigenvalue weighted by Gasteiger charge is -2.35. The van der Waals surface area contributed by atoms with Crippen molar-refractivity contribution in [1.29, 1.82) is 0 Å². The second-order valence-electron chi connectivity index (χ2n) is 8.08. The minimum absolute atomic E-state index is 0.0841. The minimum Gasteiger partial charge on any atom is -0.459 e. The summed E-state index contributed by atoms with van der Waals surface area (Å²) in [5.74, 6) is 0.323. The predicted molar refractivity (Wildman–Crippen MR) is 123 cm³/mol. The highest BCUT2D eigenvalue weighted by Crippen LogP contribution is 2.29. The maximum Gasteiger partial charge on any atom is 0.289 e. The molecule has 1 saturated heterocycles. The molecule has 9 nitrogen and oxygen atoms in total. The number of anilines is 1. The van der Waals surface area contributed by atoms with E-state index in [9.17, 15) is 14.0 Å². The fourth-order valence-electron chi connectivity index (χ4n) is 4.08. The summed E-state index contributed by atoms with van der Waals surface area (Å²) in [4.78, 5) is 37.9. The zero-order valence-corrected chi connectivity index (χ0v) is 18.5. The first kappa shape index (κ1) is 21.6. The van der Waals surface area contributed by atoms with Crippen LogP contribution in [0.2, 0.25) is 0 Å². The molecule has 1 unspecified atom stereocenters. The van der Waals surface area contributed by atoms with E-state index in [2.05, 4.69) is 15.3 Å². The number of amides is 2. The highest BCUT2D eigenvalue weighted by atomic mass is 19.1. The first-order chi connectivity index (χ1) is 16.5. The predicted octanol–water partition coefficient (Wildman–Crippen LogP) is 2.91. The molecule has 1 N–H and O–H groups in total. The van der Waals surface area contributed by atoms with Gasteiger partial charge < -0.3 is 19.5 Å². The molecule has 0 radical (unpaired) electrons. The number of imidazole rings is 1. The largest absolute Gasteiger partial charge is 0.459 e. The standard InChI is InChI=1S/C24H23FN6O3/c1-16(23(32)29-10-12-30(13-11-29)24(33)19-3-2-14-34-19)27-22-21(17-4-6-18(25)7-5-17)28-20-15-26-8-9-31(20)22/h2-9,14-16,27H,10-13H2,1H3. The lowest BCUT2D eigenvalue weighted by molar-refractivity contribution is -0.133. The Morgan fingerprint density at radius 1 is 1.09 bits per heavy atom. The lowest BCUT2D eigenvalue weighted by atomic mass is 10.1. The summed E-state index contributed by atoms with van der Waals surface area (Å²) in [7, 11) is 0. The molecule has 3 aromatic heterocycles. The molecule has 0 bridgehead atoms. The minimum atomic E-state index is -0.556. The highest BCUT2D eigenvalue weighted by Gasteiger charge is 2.29. The number of furan rings is 1. The van der Waals surface area contributed by atoms with Gasteiger partial charge in [0.2, 0.25) is 5.91 Å². The van der Waals surface area contributed by atoms with Crippen molar-refractivity contribution in [3.8, 4) is 11.3 Å². The van der Waals surface area contributed by atoms with Gasteiger partial charge in [-0.2, -0.15) is 0 Å². The summed E-state index contributed by atoms with van der Waals surface area (Å²) < 4.78 is 20.5. The van der Waals surface area contributed by atoms with Crippen LogP contribution >= 0.6 is 0 Å². The van der Waals surface area contributed by atoms with Crippen molar-refractivity contribution in [2.45, 2.75) is 13.0 Å². The van der Waals surface area contributed by atoms with E-state index < -0.39 is 6.04 Å². The topological polar surface area (TPSA) is 96.0 Å². The molecule has 5 rings (SSSR count). The Morgan fingerprint density at radius 2 is 1.82 bits per heavy atom. The Morgan fingerprint density at radius 3 is 2.53 bits per heavy atom. The summed E-state index contributed by atoms with van der Waals surface area (Å²) in [6.07, 6.45) is 6.49. The van der Waals surface area contributed by atoms with Crippen molar-refractivity contribution in [3.63, 3.8) is 0 Å². The molecule has 10 heteroatoms. The average molecular weight is 462 g/mol. The van der Waals surface area contributed by atoms with Crippen molar-refractivity contribution in [2.75, 3.05) is 31.5 Å². The van der Waals surface area contributed by atoms with Crippen molar-refractivity contribution >= 4 is 23.3 Å². The third-order valence-electron chi connectivity index (χ3n) is 5.88. The number of fused-ring (bicyclic) bond motifs is 1. The van der Waals surface area contributed by atoms with Crippen molar-refractivity contribution < 1.29 is 18.4 Å². The van der Waals surface area contributed by atoms with Crippen LogP contribution in [0.25, 0.3) is 16.9 Å². The maximum absolute atomic E-state index is 13.5.